The van der Waals surface area contributed by atoms with Crippen LogP contribution in [0.25, 0.3) is 0 Å². The van der Waals surface area contributed by atoms with Crippen LogP contribution in [0.2, 0.25) is 0 Å². The molecule has 0 aliphatic carbocycles. The van der Waals surface area contributed by atoms with E-state index in [1.54, 1.807) is 0 Å². The standard InChI is InChI=1S/C11H2F22O3S.H3N/c12-1(37(34,35)36)2(13,14)3(15,16)4(17,18)5(19,20)6(21,22)7(23,24)8(25,26)9(27,28)10(29,30)11(31,32)33;/h1H,(H,34,35,36);1H3. The van der Waals surface area contributed by atoms with E-state index >= 15 is 0 Å². The molecule has 4 nitrogen and oxygen atoms in total. The summed E-state index contributed by atoms with van der Waals surface area (Å²) < 4.78 is 314. The maximum Gasteiger partial charge on any atom is 0.460 e. The van der Waals surface area contributed by atoms with Crippen molar-refractivity contribution in [3.05, 3.63) is 0 Å². The fraction of sp³-hybridized carbons (Fsp3) is 1.00. The molecule has 27 heteroatoms. The van der Waals surface area contributed by atoms with E-state index < -0.39 is 75.1 Å². The predicted octanol–water partition coefficient (Wildman–Crippen LogP) is 6.61. The number of alkyl halides is 22. The third kappa shape index (κ3) is 4.57. The summed E-state index contributed by atoms with van der Waals surface area (Å²) in [6.45, 7) is 0. The number of rotatable bonds is 10. The normalized spacial score (nSPS) is 17.2. The van der Waals surface area contributed by atoms with Crippen LogP contribution in [0, 0.1) is 0 Å². The third-order valence-corrected chi connectivity index (χ3v) is 4.90. The van der Waals surface area contributed by atoms with Crippen molar-refractivity contribution in [1.82, 2.24) is 6.15 Å². The molecular formula is C11H5F22NO3S. The van der Waals surface area contributed by atoms with Crippen LogP contribution < -0.4 is 6.15 Å². The smallest absolute Gasteiger partial charge is 0.344 e. The van der Waals surface area contributed by atoms with Gasteiger partial charge in [-0.3, -0.25) is 4.55 Å². The molecule has 0 amide bonds. The first-order valence-electron chi connectivity index (χ1n) is 7.48. The molecule has 0 aromatic heterocycles. The van der Waals surface area contributed by atoms with Crippen LogP contribution >= 0.6 is 0 Å². The summed E-state index contributed by atoms with van der Waals surface area (Å²) >= 11 is 0. The van der Waals surface area contributed by atoms with Crippen molar-refractivity contribution in [2.45, 2.75) is 65.0 Å². The monoisotopic (exact) mass is 649 g/mol. The van der Waals surface area contributed by atoms with Crippen LogP contribution in [0.4, 0.5) is 96.6 Å². The quantitative estimate of drug-likeness (QED) is 0.206. The van der Waals surface area contributed by atoms with Gasteiger partial charge in [0.1, 0.15) is 0 Å². The highest BCUT2D eigenvalue weighted by atomic mass is 32.2. The fourth-order valence-corrected chi connectivity index (χ4v) is 2.42. The van der Waals surface area contributed by atoms with E-state index in [1.807, 2.05) is 0 Å². The molecule has 0 aliphatic rings. The number of halogens is 22. The van der Waals surface area contributed by atoms with E-state index in [0.29, 0.717) is 0 Å². The van der Waals surface area contributed by atoms with Crippen molar-refractivity contribution in [3.63, 3.8) is 0 Å². The lowest BCUT2D eigenvalue weighted by molar-refractivity contribution is -0.474. The molecule has 38 heavy (non-hydrogen) atoms. The Hall–Kier alpha value is -1.67. The van der Waals surface area contributed by atoms with Crippen molar-refractivity contribution in [2.24, 2.45) is 0 Å². The Morgan fingerprint density at radius 3 is 0.789 bits per heavy atom. The van der Waals surface area contributed by atoms with E-state index in [-0.39, 0.29) is 6.15 Å². The minimum absolute atomic E-state index is 0. The first-order valence-corrected chi connectivity index (χ1v) is 8.98. The van der Waals surface area contributed by atoms with Gasteiger partial charge >= 0.3 is 69.6 Å². The first-order chi connectivity index (χ1) is 15.4. The topological polar surface area (TPSA) is 89.4 Å². The molecule has 4 N–H and O–H groups in total. The second kappa shape index (κ2) is 9.18. The first kappa shape index (κ1) is 38.5. The molecule has 0 aromatic rings. The molecule has 232 valence electrons. The maximum absolute atomic E-state index is 13.4. The third-order valence-electron chi connectivity index (χ3n) is 4.08. The van der Waals surface area contributed by atoms with Crippen LogP contribution in [0.15, 0.2) is 0 Å². The lowest BCUT2D eigenvalue weighted by atomic mass is 9.86. The molecule has 0 saturated heterocycles. The molecule has 0 fully saturated rings. The second-order valence-electron chi connectivity index (χ2n) is 6.55. The Morgan fingerprint density at radius 2 is 0.605 bits per heavy atom. The van der Waals surface area contributed by atoms with Gasteiger partial charge in [-0.05, 0) is 0 Å². The van der Waals surface area contributed by atoms with Gasteiger partial charge < -0.3 is 6.15 Å². The molecule has 0 rings (SSSR count). The lowest BCUT2D eigenvalue weighted by Gasteiger charge is -2.44. The summed E-state index contributed by atoms with van der Waals surface area (Å²) in [6, 6.07) is 0. The highest BCUT2D eigenvalue weighted by Crippen LogP contribution is 2.66. The summed E-state index contributed by atoms with van der Waals surface area (Å²) in [4.78, 5) is 0. The zero-order valence-corrected chi connectivity index (χ0v) is 17.1. The molecule has 1 atom stereocenters. The van der Waals surface area contributed by atoms with E-state index in [9.17, 15) is 105 Å². The van der Waals surface area contributed by atoms with E-state index in [4.69, 9.17) is 4.55 Å². The fourth-order valence-electron chi connectivity index (χ4n) is 1.90. The van der Waals surface area contributed by atoms with Gasteiger partial charge in [-0.1, -0.05) is 0 Å². The van der Waals surface area contributed by atoms with Crippen LogP contribution in [0.5, 0.6) is 0 Å². The average Bonchev–Trinajstić information content (AvgIpc) is 2.64. The van der Waals surface area contributed by atoms with Gasteiger partial charge in [0.15, 0.2) is 0 Å². The summed E-state index contributed by atoms with van der Waals surface area (Å²) in [5.41, 5.74) is -6.21. The Balaban J connectivity index is 0. The molecule has 0 bridgehead atoms. The average molecular weight is 649 g/mol. The Morgan fingerprint density at radius 1 is 0.421 bits per heavy atom. The van der Waals surface area contributed by atoms with E-state index in [1.165, 1.54) is 0 Å². The van der Waals surface area contributed by atoms with E-state index in [2.05, 4.69) is 0 Å². The summed E-state index contributed by atoms with van der Waals surface area (Å²) in [5.74, 6) is -81.1. The molecule has 0 aliphatic heterocycles. The van der Waals surface area contributed by atoms with Crippen molar-refractivity contribution in [3.8, 4) is 0 Å². The summed E-state index contributed by atoms with van der Waals surface area (Å²) in [7, 11) is -7.41. The van der Waals surface area contributed by atoms with Crippen LogP contribution in [-0.4, -0.2) is 78.0 Å². The molecule has 0 saturated carbocycles. The van der Waals surface area contributed by atoms with Crippen molar-refractivity contribution < 1.29 is 110 Å². The molecule has 0 spiro atoms. The zero-order chi connectivity index (χ0) is 31.1. The van der Waals surface area contributed by atoms with Crippen molar-refractivity contribution >= 4 is 10.1 Å². The lowest BCUT2D eigenvalue weighted by Crippen LogP contribution is -2.77. The zero-order valence-electron chi connectivity index (χ0n) is 16.3. The van der Waals surface area contributed by atoms with Gasteiger partial charge in [0.2, 0.25) is 0 Å². The van der Waals surface area contributed by atoms with Gasteiger partial charge in [0, 0.05) is 0 Å². The van der Waals surface area contributed by atoms with Gasteiger partial charge in [-0.25, -0.2) is 4.39 Å². The molecule has 1 unspecified atom stereocenters. The Kier molecular flexibility index (Phi) is 9.30. The largest absolute Gasteiger partial charge is 0.460 e. The second-order valence-corrected chi connectivity index (χ2v) is 7.99. The minimum Gasteiger partial charge on any atom is -0.344 e. The Labute approximate surface area is 192 Å². The number of hydrogen-bond acceptors (Lipinski definition) is 3. The molecular weight excluding hydrogens is 644 g/mol. The summed E-state index contributed by atoms with van der Waals surface area (Å²) in [5, 5.41) is 0. The summed E-state index contributed by atoms with van der Waals surface area (Å²) in [6.07, 6.45) is -8.11. The minimum atomic E-state index is -9.44. The molecule has 0 heterocycles. The molecule has 0 radical (unpaired) electrons. The van der Waals surface area contributed by atoms with E-state index in [0.717, 1.165) is 0 Å². The highest BCUT2D eigenvalue weighted by molar-refractivity contribution is 7.86. The highest BCUT2D eigenvalue weighted by Gasteiger charge is 2.98. The maximum atomic E-state index is 13.4. The van der Waals surface area contributed by atoms with Gasteiger partial charge in [-0.2, -0.15) is 101 Å². The SMILES string of the molecule is N.O=S(=O)(O)C(F)C(F)(F)C(F)(F)C(F)(F)C(F)(F)C(F)(F)C(F)(F)C(F)(F)C(F)(F)C(F)(F)C(F)(F)F. The van der Waals surface area contributed by atoms with Crippen molar-refractivity contribution in [1.29, 1.82) is 0 Å². The van der Waals surface area contributed by atoms with Crippen LogP contribution in [0.1, 0.15) is 0 Å². The van der Waals surface area contributed by atoms with Gasteiger partial charge in [0.05, 0.1) is 0 Å². The van der Waals surface area contributed by atoms with Crippen LogP contribution in [0.3, 0.4) is 0 Å². The van der Waals surface area contributed by atoms with Gasteiger partial charge in [-0.15, -0.1) is 0 Å². The van der Waals surface area contributed by atoms with Gasteiger partial charge in [0.25, 0.3) is 5.50 Å². The number of hydrogen-bond donors (Lipinski definition) is 2. The predicted molar refractivity (Wildman–Crippen MR) is 72.0 cm³/mol. The molecule has 0 aromatic carbocycles. The van der Waals surface area contributed by atoms with Crippen molar-refractivity contribution in [2.75, 3.05) is 0 Å². The Bertz CT molecular complexity index is 968. The van der Waals surface area contributed by atoms with Crippen LogP contribution in [-0.2, 0) is 10.1 Å².